The van der Waals surface area contributed by atoms with Crippen LogP contribution in [0.2, 0.25) is 0 Å². The summed E-state index contributed by atoms with van der Waals surface area (Å²) in [5.41, 5.74) is 8.85. The van der Waals surface area contributed by atoms with E-state index < -0.39 is 0 Å². The Kier molecular flexibility index (Phi) is 9.44. The predicted octanol–water partition coefficient (Wildman–Crippen LogP) is 3.24. The highest BCUT2D eigenvalue weighted by Crippen LogP contribution is 2.15. The number of morpholine rings is 1. The quantitative estimate of drug-likeness (QED) is 0.759. The number of carbonyl (C=O) groups excluding carboxylic acids is 1. The number of benzene rings is 2. The number of carbonyl (C=O) groups is 1. The number of nitrogen functional groups attached to an aromatic ring is 1. The van der Waals surface area contributed by atoms with Gasteiger partial charge >= 0.3 is 0 Å². The van der Waals surface area contributed by atoms with Crippen molar-refractivity contribution in [3.8, 4) is 0 Å². The average Bonchev–Trinajstić information content (AvgIpc) is 2.62. The molecule has 3 rings (SSSR count). The summed E-state index contributed by atoms with van der Waals surface area (Å²) < 4.78 is 5.36. The van der Waals surface area contributed by atoms with Crippen LogP contribution in [0.1, 0.15) is 15.9 Å². The SMILES string of the molecule is Cl.Cl.Nc1ccccc1C(=O)Nc1ccc(CCN2CCOCC2)cc1. The van der Waals surface area contributed by atoms with Gasteiger partial charge in [0.2, 0.25) is 0 Å². The van der Waals surface area contributed by atoms with E-state index in [1.165, 1.54) is 5.56 Å². The number of nitrogens with zero attached hydrogens (tertiary/aromatic N) is 1. The van der Waals surface area contributed by atoms with Crippen LogP contribution >= 0.6 is 24.8 Å². The van der Waals surface area contributed by atoms with Gasteiger partial charge in [0.1, 0.15) is 0 Å². The molecule has 142 valence electrons. The van der Waals surface area contributed by atoms with Crippen LogP contribution in [-0.2, 0) is 11.2 Å². The van der Waals surface area contributed by atoms with Gasteiger partial charge in [-0.1, -0.05) is 24.3 Å². The maximum atomic E-state index is 12.2. The third-order valence-corrected chi connectivity index (χ3v) is 4.24. The van der Waals surface area contributed by atoms with E-state index in [-0.39, 0.29) is 30.7 Å². The number of para-hydroxylation sites is 1. The van der Waals surface area contributed by atoms with Crippen molar-refractivity contribution in [1.29, 1.82) is 0 Å². The van der Waals surface area contributed by atoms with Gasteiger partial charge in [-0.15, -0.1) is 24.8 Å². The number of anilines is 2. The predicted molar refractivity (Wildman–Crippen MR) is 111 cm³/mol. The Morgan fingerprint density at radius 1 is 1.04 bits per heavy atom. The van der Waals surface area contributed by atoms with Crippen molar-refractivity contribution >= 4 is 42.1 Å². The molecule has 0 unspecified atom stereocenters. The van der Waals surface area contributed by atoms with Crippen LogP contribution in [0.4, 0.5) is 11.4 Å². The molecule has 26 heavy (non-hydrogen) atoms. The average molecular weight is 398 g/mol. The first-order valence-electron chi connectivity index (χ1n) is 8.27. The van der Waals surface area contributed by atoms with Crippen molar-refractivity contribution in [2.45, 2.75) is 6.42 Å². The van der Waals surface area contributed by atoms with Gasteiger partial charge in [0.05, 0.1) is 18.8 Å². The Hall–Kier alpha value is -1.79. The van der Waals surface area contributed by atoms with Gasteiger partial charge in [-0.3, -0.25) is 9.69 Å². The minimum Gasteiger partial charge on any atom is -0.398 e. The highest BCUT2D eigenvalue weighted by molar-refractivity contribution is 6.07. The molecule has 1 fully saturated rings. The number of hydrogen-bond acceptors (Lipinski definition) is 4. The first-order chi connectivity index (χ1) is 11.7. The molecular weight excluding hydrogens is 373 g/mol. The van der Waals surface area contributed by atoms with Crippen LogP contribution in [0.5, 0.6) is 0 Å². The smallest absolute Gasteiger partial charge is 0.257 e. The lowest BCUT2D eigenvalue weighted by Crippen LogP contribution is -2.37. The van der Waals surface area contributed by atoms with E-state index in [1.54, 1.807) is 18.2 Å². The molecule has 0 saturated carbocycles. The summed E-state index contributed by atoms with van der Waals surface area (Å²) in [5, 5.41) is 2.89. The summed E-state index contributed by atoms with van der Waals surface area (Å²) in [5.74, 6) is -0.186. The second kappa shape index (κ2) is 11.0. The van der Waals surface area contributed by atoms with Gasteiger partial charge in [-0.2, -0.15) is 0 Å². The molecule has 1 aliphatic heterocycles. The van der Waals surface area contributed by atoms with Gasteiger partial charge in [0, 0.05) is 31.0 Å². The topological polar surface area (TPSA) is 67.6 Å². The first kappa shape index (κ1) is 22.3. The summed E-state index contributed by atoms with van der Waals surface area (Å²) in [6.45, 7) is 4.70. The number of nitrogens with one attached hydrogen (secondary N) is 1. The summed E-state index contributed by atoms with van der Waals surface area (Å²) in [6.07, 6.45) is 1.000. The molecule has 0 atom stereocenters. The summed E-state index contributed by atoms with van der Waals surface area (Å²) in [6, 6.07) is 15.1. The van der Waals surface area contributed by atoms with Crippen molar-refractivity contribution in [3.63, 3.8) is 0 Å². The lowest BCUT2D eigenvalue weighted by molar-refractivity contribution is 0.0384. The fraction of sp³-hybridized carbons (Fsp3) is 0.316. The van der Waals surface area contributed by atoms with E-state index in [2.05, 4.69) is 22.3 Å². The van der Waals surface area contributed by atoms with E-state index in [4.69, 9.17) is 10.5 Å². The van der Waals surface area contributed by atoms with Crippen LogP contribution in [-0.4, -0.2) is 43.7 Å². The number of amides is 1. The first-order valence-corrected chi connectivity index (χ1v) is 8.27. The third kappa shape index (κ3) is 6.18. The highest BCUT2D eigenvalue weighted by Gasteiger charge is 2.11. The van der Waals surface area contributed by atoms with Crippen LogP contribution in [0, 0.1) is 0 Å². The van der Waals surface area contributed by atoms with Crippen LogP contribution in [0.25, 0.3) is 0 Å². The van der Waals surface area contributed by atoms with Crippen LogP contribution in [0.3, 0.4) is 0 Å². The lowest BCUT2D eigenvalue weighted by Gasteiger charge is -2.26. The monoisotopic (exact) mass is 397 g/mol. The van der Waals surface area contributed by atoms with Crippen molar-refractivity contribution in [3.05, 3.63) is 59.7 Å². The van der Waals surface area contributed by atoms with Crippen molar-refractivity contribution in [1.82, 2.24) is 4.90 Å². The Balaban J connectivity index is 0.00000169. The summed E-state index contributed by atoms with van der Waals surface area (Å²) in [7, 11) is 0. The molecule has 2 aromatic rings. The molecule has 1 amide bonds. The Morgan fingerprint density at radius 3 is 2.35 bits per heavy atom. The molecule has 0 spiro atoms. The van der Waals surface area contributed by atoms with Crippen LogP contribution < -0.4 is 11.1 Å². The zero-order valence-corrected chi connectivity index (χ0v) is 16.2. The fourth-order valence-corrected chi connectivity index (χ4v) is 2.77. The van der Waals surface area contributed by atoms with Gasteiger partial charge in [0.25, 0.3) is 5.91 Å². The molecule has 1 aliphatic rings. The molecule has 0 bridgehead atoms. The Labute approximate surface area is 166 Å². The number of hydrogen-bond donors (Lipinski definition) is 2. The third-order valence-electron chi connectivity index (χ3n) is 4.24. The van der Waals surface area contributed by atoms with Crippen LogP contribution in [0.15, 0.2) is 48.5 Å². The maximum absolute atomic E-state index is 12.2. The standard InChI is InChI=1S/C19H23N3O2.2ClH/c20-18-4-2-1-3-17(18)19(23)21-16-7-5-15(6-8-16)9-10-22-11-13-24-14-12-22;;/h1-8H,9-14,20H2,(H,21,23);2*1H. The minimum atomic E-state index is -0.186. The molecule has 3 N–H and O–H groups in total. The lowest BCUT2D eigenvalue weighted by atomic mass is 10.1. The molecule has 0 aliphatic carbocycles. The number of rotatable bonds is 5. The zero-order chi connectivity index (χ0) is 16.8. The molecular formula is C19H25Cl2N3O2. The molecule has 2 aromatic carbocycles. The van der Waals surface area contributed by atoms with Gasteiger partial charge < -0.3 is 15.8 Å². The zero-order valence-electron chi connectivity index (χ0n) is 14.5. The number of nitrogens with two attached hydrogens (primary N) is 1. The number of halogens is 2. The molecule has 1 heterocycles. The molecule has 0 radical (unpaired) electrons. The second-order valence-electron chi connectivity index (χ2n) is 5.94. The maximum Gasteiger partial charge on any atom is 0.257 e. The fourth-order valence-electron chi connectivity index (χ4n) is 2.77. The molecule has 1 saturated heterocycles. The second-order valence-corrected chi connectivity index (χ2v) is 5.94. The Bertz CT molecular complexity index is 689. The molecule has 5 nitrogen and oxygen atoms in total. The van der Waals surface area contributed by atoms with Gasteiger partial charge in [0.15, 0.2) is 0 Å². The van der Waals surface area contributed by atoms with E-state index >= 15 is 0 Å². The van der Waals surface area contributed by atoms with E-state index in [0.717, 1.165) is 45.0 Å². The normalized spacial score (nSPS) is 14.0. The summed E-state index contributed by atoms with van der Waals surface area (Å²) in [4.78, 5) is 14.7. The van der Waals surface area contributed by atoms with E-state index in [0.29, 0.717) is 11.3 Å². The van der Waals surface area contributed by atoms with E-state index in [9.17, 15) is 4.79 Å². The Morgan fingerprint density at radius 2 is 1.69 bits per heavy atom. The molecule has 0 aromatic heterocycles. The molecule has 7 heteroatoms. The number of ether oxygens (including phenoxy) is 1. The highest BCUT2D eigenvalue weighted by atomic mass is 35.5. The van der Waals surface area contributed by atoms with Gasteiger partial charge in [-0.25, -0.2) is 0 Å². The summed E-state index contributed by atoms with van der Waals surface area (Å²) >= 11 is 0. The minimum absolute atomic E-state index is 0. The largest absolute Gasteiger partial charge is 0.398 e. The van der Waals surface area contributed by atoms with Crippen molar-refractivity contribution < 1.29 is 9.53 Å². The van der Waals surface area contributed by atoms with E-state index in [1.807, 2.05) is 18.2 Å². The van der Waals surface area contributed by atoms with Crippen molar-refractivity contribution in [2.75, 3.05) is 43.9 Å². The van der Waals surface area contributed by atoms with Crippen molar-refractivity contribution in [2.24, 2.45) is 0 Å². The van der Waals surface area contributed by atoms with Gasteiger partial charge in [-0.05, 0) is 36.2 Å².